The van der Waals surface area contributed by atoms with Gasteiger partial charge < -0.3 is 5.11 Å². The fraction of sp³-hybridized carbons (Fsp3) is 0. The second-order valence-corrected chi connectivity index (χ2v) is 7.17. The Hall–Kier alpha value is -2.12. The Kier molecular flexibility index (Phi) is 5.48. The minimum Gasteiger partial charge on any atom is -0.476 e. The minimum absolute atomic E-state index is 0.144. The van der Waals surface area contributed by atoms with E-state index in [2.05, 4.69) is 10.3 Å². The van der Waals surface area contributed by atoms with Crippen molar-refractivity contribution in [2.75, 3.05) is 5.32 Å². The number of aromatic nitrogens is 1. The highest BCUT2D eigenvalue weighted by atomic mass is 35.5. The summed E-state index contributed by atoms with van der Waals surface area (Å²) in [5.41, 5.74) is 1.26. The molecule has 9 heteroatoms. The van der Waals surface area contributed by atoms with Gasteiger partial charge in [0, 0.05) is 21.0 Å². The summed E-state index contributed by atoms with van der Waals surface area (Å²) in [5.74, 6) is -1.69. The summed E-state index contributed by atoms with van der Waals surface area (Å²) in [5, 5.41) is 14.0. The average molecular weight is 428 g/mol. The fourth-order valence-corrected chi connectivity index (χ4v) is 3.68. The van der Waals surface area contributed by atoms with E-state index in [0.717, 1.165) is 11.3 Å². The van der Waals surface area contributed by atoms with Crippen LogP contribution in [0.5, 0.6) is 0 Å². The van der Waals surface area contributed by atoms with Gasteiger partial charge in [0.15, 0.2) is 10.8 Å². The first-order valence-electron chi connectivity index (χ1n) is 7.11. The van der Waals surface area contributed by atoms with Crippen molar-refractivity contribution in [1.82, 2.24) is 4.98 Å². The Morgan fingerprint density at radius 3 is 2.35 bits per heavy atom. The van der Waals surface area contributed by atoms with E-state index in [1.54, 1.807) is 30.3 Å². The number of nitrogens with zero attached hydrogens (tertiary/aromatic N) is 1. The third-order valence-corrected chi connectivity index (χ3v) is 5.13. The normalized spacial score (nSPS) is 10.6. The molecule has 0 aliphatic heterocycles. The predicted molar refractivity (Wildman–Crippen MR) is 104 cm³/mol. The fourth-order valence-electron chi connectivity index (χ4n) is 2.20. The molecule has 1 amide bonds. The number of carbonyl (C=O) groups excluding carboxylic acids is 1. The highest BCUT2D eigenvalue weighted by Gasteiger charge is 2.19. The summed E-state index contributed by atoms with van der Waals surface area (Å²) in [4.78, 5) is 27.2. The topological polar surface area (TPSA) is 79.3 Å². The van der Waals surface area contributed by atoms with Gasteiger partial charge in [0.1, 0.15) is 0 Å². The number of hydrogen-bond donors (Lipinski definition) is 2. The number of hydrogen-bond acceptors (Lipinski definition) is 4. The van der Waals surface area contributed by atoms with Crippen molar-refractivity contribution >= 4 is 63.1 Å². The molecule has 0 aliphatic carbocycles. The quantitative estimate of drug-likeness (QED) is 0.558. The number of thiazole rings is 1. The van der Waals surface area contributed by atoms with Crippen LogP contribution in [0, 0.1) is 0 Å². The molecule has 0 fully saturated rings. The van der Waals surface area contributed by atoms with Crippen molar-refractivity contribution in [3.05, 3.63) is 68.1 Å². The van der Waals surface area contributed by atoms with Crippen LogP contribution >= 0.6 is 46.1 Å². The van der Waals surface area contributed by atoms with Gasteiger partial charge in [0.05, 0.1) is 10.6 Å². The Morgan fingerprint density at radius 1 is 1.04 bits per heavy atom. The van der Waals surface area contributed by atoms with E-state index >= 15 is 0 Å². The number of carboxylic acid groups (broad SMARTS) is 1. The maximum absolute atomic E-state index is 12.5. The summed E-state index contributed by atoms with van der Waals surface area (Å²) >= 11 is 19.6. The van der Waals surface area contributed by atoms with Gasteiger partial charge in [0.2, 0.25) is 0 Å². The summed E-state index contributed by atoms with van der Waals surface area (Å²) < 4.78 is 0. The van der Waals surface area contributed by atoms with Gasteiger partial charge in [-0.3, -0.25) is 10.1 Å². The van der Waals surface area contributed by atoms with Crippen LogP contribution in [0.2, 0.25) is 15.1 Å². The van der Waals surface area contributed by atoms with Crippen molar-refractivity contribution in [3.8, 4) is 11.1 Å². The number of amides is 1. The molecular weight excluding hydrogens is 419 g/mol. The lowest BCUT2D eigenvalue weighted by molar-refractivity contribution is 0.0691. The van der Waals surface area contributed by atoms with Crippen LogP contribution in [0.4, 0.5) is 5.13 Å². The molecule has 0 saturated heterocycles. The van der Waals surface area contributed by atoms with Crippen LogP contribution in [-0.2, 0) is 0 Å². The Balaban J connectivity index is 1.94. The molecule has 3 aromatic rings. The third-order valence-electron chi connectivity index (χ3n) is 3.41. The Bertz CT molecular complexity index is 1000. The molecule has 132 valence electrons. The summed E-state index contributed by atoms with van der Waals surface area (Å²) in [6.07, 6.45) is 0. The molecule has 0 bridgehead atoms. The van der Waals surface area contributed by atoms with Gasteiger partial charge in [-0.2, -0.15) is 0 Å². The van der Waals surface area contributed by atoms with Gasteiger partial charge in [-0.15, -0.1) is 11.3 Å². The Labute approximate surface area is 167 Å². The zero-order valence-electron chi connectivity index (χ0n) is 12.8. The van der Waals surface area contributed by atoms with Gasteiger partial charge in [0.25, 0.3) is 5.91 Å². The molecule has 1 aromatic heterocycles. The molecule has 5 nitrogen and oxygen atoms in total. The zero-order valence-corrected chi connectivity index (χ0v) is 15.9. The third kappa shape index (κ3) is 3.83. The van der Waals surface area contributed by atoms with Gasteiger partial charge in [-0.25, -0.2) is 9.78 Å². The van der Waals surface area contributed by atoms with Crippen molar-refractivity contribution in [2.24, 2.45) is 0 Å². The van der Waals surface area contributed by atoms with E-state index in [0.29, 0.717) is 21.2 Å². The molecule has 0 atom stereocenters. The van der Waals surface area contributed by atoms with Crippen LogP contribution in [0.15, 0.2) is 41.8 Å². The number of anilines is 1. The van der Waals surface area contributed by atoms with Crippen LogP contribution < -0.4 is 5.32 Å². The molecular formula is C17H9Cl3N2O3S. The van der Waals surface area contributed by atoms with Gasteiger partial charge in [-0.1, -0.05) is 46.9 Å². The molecule has 0 radical (unpaired) electrons. The zero-order chi connectivity index (χ0) is 18.8. The highest BCUT2D eigenvalue weighted by molar-refractivity contribution is 7.14. The number of carboxylic acids is 1. The molecule has 26 heavy (non-hydrogen) atoms. The smallest absolute Gasteiger partial charge is 0.355 e. The predicted octanol–water partition coefficient (Wildman–Crippen LogP) is 5.72. The molecule has 2 N–H and O–H groups in total. The summed E-state index contributed by atoms with van der Waals surface area (Å²) in [6.45, 7) is 0. The van der Waals surface area contributed by atoms with Crippen LogP contribution in [-0.4, -0.2) is 22.0 Å². The molecule has 0 unspecified atom stereocenters. The molecule has 0 spiro atoms. The number of carbonyl (C=O) groups is 2. The number of rotatable bonds is 4. The van der Waals surface area contributed by atoms with Crippen molar-refractivity contribution in [1.29, 1.82) is 0 Å². The summed E-state index contributed by atoms with van der Waals surface area (Å²) in [6, 6.07) is 9.94. The first-order valence-corrected chi connectivity index (χ1v) is 9.12. The van der Waals surface area contributed by atoms with Crippen LogP contribution in [0.1, 0.15) is 20.8 Å². The highest BCUT2D eigenvalue weighted by Crippen LogP contribution is 2.37. The van der Waals surface area contributed by atoms with E-state index in [-0.39, 0.29) is 21.4 Å². The van der Waals surface area contributed by atoms with Gasteiger partial charge >= 0.3 is 5.97 Å². The second-order valence-electron chi connectivity index (χ2n) is 5.09. The largest absolute Gasteiger partial charge is 0.476 e. The second kappa shape index (κ2) is 7.63. The maximum Gasteiger partial charge on any atom is 0.355 e. The van der Waals surface area contributed by atoms with Crippen LogP contribution in [0.25, 0.3) is 11.1 Å². The summed E-state index contributed by atoms with van der Waals surface area (Å²) in [7, 11) is 0. The first kappa shape index (κ1) is 18.7. The molecule has 1 heterocycles. The lowest BCUT2D eigenvalue weighted by atomic mass is 10.0. The van der Waals surface area contributed by atoms with Crippen molar-refractivity contribution in [3.63, 3.8) is 0 Å². The first-order chi connectivity index (χ1) is 12.4. The Morgan fingerprint density at radius 2 is 1.73 bits per heavy atom. The van der Waals surface area contributed by atoms with E-state index in [1.165, 1.54) is 11.4 Å². The number of benzene rings is 2. The van der Waals surface area contributed by atoms with E-state index in [4.69, 9.17) is 39.9 Å². The van der Waals surface area contributed by atoms with E-state index in [9.17, 15) is 9.59 Å². The number of nitrogens with one attached hydrogen (secondary N) is 1. The number of halogens is 3. The molecule has 2 aromatic carbocycles. The monoisotopic (exact) mass is 426 g/mol. The van der Waals surface area contributed by atoms with E-state index in [1.807, 2.05) is 0 Å². The van der Waals surface area contributed by atoms with Gasteiger partial charge in [-0.05, 0) is 29.8 Å². The lowest BCUT2D eigenvalue weighted by Gasteiger charge is -2.11. The minimum atomic E-state index is -1.17. The van der Waals surface area contributed by atoms with Crippen molar-refractivity contribution in [2.45, 2.75) is 0 Å². The molecule has 0 saturated carbocycles. The maximum atomic E-state index is 12.5. The van der Waals surface area contributed by atoms with Crippen molar-refractivity contribution < 1.29 is 14.7 Å². The molecule has 3 rings (SSSR count). The van der Waals surface area contributed by atoms with Crippen LogP contribution in [0.3, 0.4) is 0 Å². The lowest BCUT2D eigenvalue weighted by Crippen LogP contribution is -2.13. The van der Waals surface area contributed by atoms with E-state index < -0.39 is 11.9 Å². The SMILES string of the molecule is O=C(O)c1csc(NC(=O)c2ccc(Cl)c(-c3ccc(Cl)cc3)c2Cl)n1. The molecule has 0 aliphatic rings. The number of aromatic carboxylic acids is 1. The standard InChI is InChI=1S/C17H9Cl3N2O3S/c18-9-3-1-8(2-4-9)13-11(19)6-5-10(14(13)20)15(23)22-17-21-12(7-26-17)16(24)25/h1-7H,(H,24,25)(H,21,22,23). The average Bonchev–Trinajstić information content (AvgIpc) is 3.05.